The van der Waals surface area contributed by atoms with Crippen LogP contribution in [0, 0.1) is 6.92 Å². The van der Waals surface area contributed by atoms with Gasteiger partial charge in [0.2, 0.25) is 5.91 Å². The summed E-state index contributed by atoms with van der Waals surface area (Å²) in [6, 6.07) is 9.37. The average Bonchev–Trinajstić information content (AvgIpc) is 2.39. The van der Waals surface area contributed by atoms with Crippen molar-refractivity contribution >= 4 is 28.5 Å². The van der Waals surface area contributed by atoms with Gasteiger partial charge in [-0.2, -0.15) is 0 Å². The number of esters is 1. The summed E-state index contributed by atoms with van der Waals surface area (Å²) in [5.41, 5.74) is 2.18. The van der Waals surface area contributed by atoms with E-state index in [0.717, 1.165) is 11.1 Å². The summed E-state index contributed by atoms with van der Waals surface area (Å²) in [7, 11) is 0. The van der Waals surface area contributed by atoms with Gasteiger partial charge in [-0.25, -0.2) is 0 Å². The van der Waals surface area contributed by atoms with Crippen LogP contribution < -0.4 is 5.32 Å². The number of carbonyl (C=O) groups excluding carboxylic acids is 2. The summed E-state index contributed by atoms with van der Waals surface area (Å²) >= 11 is 0. The van der Waals surface area contributed by atoms with Gasteiger partial charge in [0.15, 0.2) is 0 Å². The molecule has 1 aromatic heterocycles. The number of amides is 1. The van der Waals surface area contributed by atoms with Crippen LogP contribution in [0.15, 0.2) is 30.3 Å². The molecule has 0 bridgehead atoms. The van der Waals surface area contributed by atoms with Crippen molar-refractivity contribution in [3.05, 3.63) is 36.0 Å². The number of anilines is 1. The number of ether oxygens (including phenoxy) is 1. The molecule has 5 nitrogen and oxygen atoms in total. The summed E-state index contributed by atoms with van der Waals surface area (Å²) in [6.45, 7) is 3.85. The van der Waals surface area contributed by atoms with Gasteiger partial charge in [0.05, 0.1) is 17.8 Å². The topological polar surface area (TPSA) is 68.3 Å². The Labute approximate surface area is 117 Å². The Kier molecular flexibility index (Phi) is 4.30. The molecule has 5 heteroatoms. The molecular weight excluding hydrogens is 256 g/mol. The summed E-state index contributed by atoms with van der Waals surface area (Å²) in [5, 5.41) is 3.63. The Bertz CT molecular complexity index is 653. The Balaban J connectivity index is 2.19. The number of hydrogen-bond acceptors (Lipinski definition) is 4. The summed E-state index contributed by atoms with van der Waals surface area (Å²) in [5.74, 6) is -0.936. The van der Waals surface area contributed by atoms with E-state index < -0.39 is 11.9 Å². The number of para-hydroxylation sites is 1. The molecule has 0 spiro atoms. The lowest BCUT2D eigenvalue weighted by Crippen LogP contribution is -2.18. The van der Waals surface area contributed by atoms with Crippen molar-refractivity contribution in [2.24, 2.45) is 0 Å². The van der Waals surface area contributed by atoms with Crippen molar-refractivity contribution in [1.82, 2.24) is 4.98 Å². The third-order valence-corrected chi connectivity index (χ3v) is 2.74. The third-order valence-electron chi connectivity index (χ3n) is 2.74. The minimum absolute atomic E-state index is 0.265. The largest absolute Gasteiger partial charge is 0.466 e. The lowest BCUT2D eigenvalue weighted by molar-refractivity contribution is -0.145. The highest BCUT2D eigenvalue weighted by atomic mass is 16.5. The fraction of sp³-hybridized carbons (Fsp3) is 0.267. The normalized spacial score (nSPS) is 10.3. The van der Waals surface area contributed by atoms with Crippen LogP contribution in [0.3, 0.4) is 0 Å². The van der Waals surface area contributed by atoms with E-state index in [1.54, 1.807) is 13.0 Å². The number of aromatic nitrogens is 1. The van der Waals surface area contributed by atoms with Crippen LogP contribution in [-0.4, -0.2) is 23.5 Å². The van der Waals surface area contributed by atoms with Gasteiger partial charge >= 0.3 is 5.97 Å². The Hall–Kier alpha value is -2.43. The molecule has 0 aliphatic carbocycles. The number of pyridine rings is 1. The SMILES string of the molecule is CCOC(=O)CC(=O)Nc1cccc2ccc(C)nc12. The van der Waals surface area contributed by atoms with Crippen LogP contribution in [0.2, 0.25) is 0 Å². The Morgan fingerprint density at radius 1 is 1.25 bits per heavy atom. The standard InChI is InChI=1S/C15H16N2O3/c1-3-20-14(19)9-13(18)17-12-6-4-5-11-8-7-10(2)16-15(11)12/h4-8H,3,9H2,1-2H3,(H,17,18). The van der Waals surface area contributed by atoms with Crippen molar-refractivity contribution < 1.29 is 14.3 Å². The van der Waals surface area contributed by atoms with Crippen LogP contribution in [0.1, 0.15) is 19.0 Å². The van der Waals surface area contributed by atoms with Gasteiger partial charge in [-0.3, -0.25) is 14.6 Å². The van der Waals surface area contributed by atoms with Gasteiger partial charge in [-0.15, -0.1) is 0 Å². The average molecular weight is 272 g/mol. The van der Waals surface area contributed by atoms with Crippen molar-refractivity contribution in [3.8, 4) is 0 Å². The zero-order valence-corrected chi connectivity index (χ0v) is 11.5. The van der Waals surface area contributed by atoms with Crippen LogP contribution in [0.5, 0.6) is 0 Å². The van der Waals surface area contributed by atoms with Crippen LogP contribution >= 0.6 is 0 Å². The molecule has 0 fully saturated rings. The smallest absolute Gasteiger partial charge is 0.315 e. The molecule has 0 aliphatic rings. The second-order valence-electron chi connectivity index (χ2n) is 4.36. The zero-order valence-electron chi connectivity index (χ0n) is 11.5. The van der Waals surface area contributed by atoms with E-state index in [4.69, 9.17) is 4.74 Å². The maximum Gasteiger partial charge on any atom is 0.315 e. The number of aryl methyl sites for hydroxylation is 1. The first-order chi connectivity index (χ1) is 9.60. The monoisotopic (exact) mass is 272 g/mol. The highest BCUT2D eigenvalue weighted by Gasteiger charge is 2.12. The number of hydrogen-bond donors (Lipinski definition) is 1. The first-order valence-electron chi connectivity index (χ1n) is 6.42. The second kappa shape index (κ2) is 6.14. The fourth-order valence-electron chi connectivity index (χ4n) is 1.88. The van der Waals surface area contributed by atoms with Crippen molar-refractivity contribution in [1.29, 1.82) is 0 Å². The predicted molar refractivity (Wildman–Crippen MR) is 76.4 cm³/mol. The number of benzene rings is 1. The lowest BCUT2D eigenvalue weighted by atomic mass is 10.1. The summed E-state index contributed by atoms with van der Waals surface area (Å²) in [4.78, 5) is 27.5. The van der Waals surface area contributed by atoms with E-state index in [-0.39, 0.29) is 13.0 Å². The first kappa shape index (κ1) is 14.0. The van der Waals surface area contributed by atoms with Crippen molar-refractivity contribution in [3.63, 3.8) is 0 Å². The Morgan fingerprint density at radius 3 is 2.80 bits per heavy atom. The van der Waals surface area contributed by atoms with E-state index in [2.05, 4.69) is 10.3 Å². The maximum absolute atomic E-state index is 11.8. The van der Waals surface area contributed by atoms with Gasteiger partial charge in [0.25, 0.3) is 0 Å². The number of carbonyl (C=O) groups is 2. The lowest BCUT2D eigenvalue weighted by Gasteiger charge is -2.08. The van der Waals surface area contributed by atoms with E-state index in [9.17, 15) is 9.59 Å². The molecule has 0 aliphatic heterocycles. The fourth-order valence-corrected chi connectivity index (χ4v) is 1.88. The number of nitrogens with one attached hydrogen (secondary N) is 1. The number of fused-ring (bicyclic) bond motifs is 1. The van der Waals surface area contributed by atoms with Gasteiger partial charge in [0.1, 0.15) is 6.42 Å². The van der Waals surface area contributed by atoms with Crippen molar-refractivity contribution in [2.75, 3.05) is 11.9 Å². The maximum atomic E-state index is 11.8. The van der Waals surface area contributed by atoms with Gasteiger partial charge in [-0.1, -0.05) is 18.2 Å². The summed E-state index contributed by atoms with van der Waals surface area (Å²) in [6.07, 6.45) is -0.296. The predicted octanol–water partition coefficient (Wildman–Crippen LogP) is 2.43. The van der Waals surface area contributed by atoms with Gasteiger partial charge in [-0.05, 0) is 26.0 Å². The molecule has 0 saturated carbocycles. The number of nitrogens with zero attached hydrogens (tertiary/aromatic N) is 1. The summed E-state index contributed by atoms with van der Waals surface area (Å²) < 4.78 is 4.74. The molecule has 2 rings (SSSR count). The van der Waals surface area contributed by atoms with E-state index in [0.29, 0.717) is 11.2 Å². The molecule has 104 valence electrons. The molecule has 1 amide bonds. The third kappa shape index (κ3) is 3.32. The molecule has 0 radical (unpaired) electrons. The zero-order chi connectivity index (χ0) is 14.5. The van der Waals surface area contributed by atoms with Crippen LogP contribution in [0.4, 0.5) is 5.69 Å². The van der Waals surface area contributed by atoms with Gasteiger partial charge < -0.3 is 10.1 Å². The molecule has 1 aromatic carbocycles. The van der Waals surface area contributed by atoms with E-state index >= 15 is 0 Å². The van der Waals surface area contributed by atoms with Crippen LogP contribution in [0.25, 0.3) is 10.9 Å². The molecule has 0 unspecified atom stereocenters. The van der Waals surface area contributed by atoms with E-state index in [1.807, 2.05) is 31.2 Å². The second-order valence-corrected chi connectivity index (χ2v) is 4.36. The highest BCUT2D eigenvalue weighted by Crippen LogP contribution is 2.21. The Morgan fingerprint density at radius 2 is 2.05 bits per heavy atom. The minimum atomic E-state index is -0.533. The quantitative estimate of drug-likeness (QED) is 0.685. The van der Waals surface area contributed by atoms with Crippen molar-refractivity contribution in [2.45, 2.75) is 20.3 Å². The number of rotatable bonds is 4. The minimum Gasteiger partial charge on any atom is -0.466 e. The molecule has 1 N–H and O–H groups in total. The van der Waals surface area contributed by atoms with E-state index in [1.165, 1.54) is 0 Å². The highest BCUT2D eigenvalue weighted by molar-refractivity contribution is 6.05. The molecule has 0 saturated heterocycles. The molecular formula is C15H16N2O3. The molecule has 20 heavy (non-hydrogen) atoms. The molecule has 0 atom stereocenters. The van der Waals surface area contributed by atoms with Gasteiger partial charge in [0, 0.05) is 11.1 Å². The molecule has 2 aromatic rings. The molecule has 1 heterocycles. The van der Waals surface area contributed by atoms with Crippen LogP contribution in [-0.2, 0) is 14.3 Å². The first-order valence-corrected chi connectivity index (χ1v) is 6.42.